The molecule has 5 atom stereocenters. The molecule has 7 N–H and O–H groups in total. The van der Waals surface area contributed by atoms with Crippen molar-refractivity contribution < 1.29 is 66.2 Å². The Kier molecular flexibility index (Phi) is 20.4. The molecule has 6 amide bonds. The number of aliphatic hydroxyl groups is 1. The zero-order chi connectivity index (χ0) is 69.2. The molecule has 4 aliphatic carbocycles. The van der Waals surface area contributed by atoms with Gasteiger partial charge >= 0.3 is 12.1 Å². The number of nitrogens with one attached hydrogen (secondary N) is 4. The van der Waals surface area contributed by atoms with Gasteiger partial charge in [0.25, 0.3) is 16.0 Å². The average Bonchev–Trinajstić information content (AvgIpc) is 0.719. The Morgan fingerprint density at radius 3 is 2.29 bits per heavy atom. The summed E-state index contributed by atoms with van der Waals surface area (Å²) in [6.07, 6.45) is 10.3. The van der Waals surface area contributed by atoms with Gasteiger partial charge in [-0.3, -0.25) is 38.5 Å². The van der Waals surface area contributed by atoms with E-state index in [0.717, 1.165) is 59.1 Å². The summed E-state index contributed by atoms with van der Waals surface area (Å²) in [7, 11) is -4.48. The fourth-order valence-electron chi connectivity index (χ4n) is 16.1. The predicted octanol–water partition coefficient (Wildman–Crippen LogP) is 8.90. The van der Waals surface area contributed by atoms with Crippen LogP contribution in [0, 0.1) is 29.1 Å². The number of hydrogen-bond acceptors (Lipinski definition) is 17. The van der Waals surface area contributed by atoms with Gasteiger partial charge in [-0.1, -0.05) is 81.9 Å². The molecular weight excluding hydrogens is 1280 g/mol. The number of hydrogen-bond donors (Lipinski definition) is 7. The van der Waals surface area contributed by atoms with Crippen molar-refractivity contribution in [1.29, 1.82) is 0 Å². The summed E-state index contributed by atoms with van der Waals surface area (Å²) in [4.78, 5) is 106. The van der Waals surface area contributed by atoms with Gasteiger partial charge < -0.3 is 50.3 Å². The number of carboxylic acid groups (broad SMARTS) is 1. The van der Waals surface area contributed by atoms with Gasteiger partial charge in [0.2, 0.25) is 23.6 Å². The summed E-state index contributed by atoms with van der Waals surface area (Å²) in [5.41, 5.74) is 4.82. The number of para-hydroxylation sites is 1. The maximum atomic E-state index is 13.8. The highest BCUT2D eigenvalue weighted by Crippen LogP contribution is 2.72. The van der Waals surface area contributed by atoms with E-state index < -0.39 is 63.7 Å². The molecule has 27 heteroatoms. The van der Waals surface area contributed by atoms with Crippen molar-refractivity contribution in [2.75, 3.05) is 54.1 Å². The second-order valence-corrected chi connectivity index (χ2v) is 30.7. The predicted molar refractivity (Wildman–Crippen MR) is 364 cm³/mol. The van der Waals surface area contributed by atoms with Crippen LogP contribution in [0.25, 0.3) is 21.3 Å². The lowest BCUT2D eigenvalue weighted by Crippen LogP contribution is -2.64. The van der Waals surface area contributed by atoms with Gasteiger partial charge in [-0.05, 0) is 159 Å². The van der Waals surface area contributed by atoms with E-state index in [1.54, 1.807) is 56.4 Å². The highest BCUT2D eigenvalue weighted by molar-refractivity contribution is 7.85. The van der Waals surface area contributed by atoms with E-state index in [4.69, 9.17) is 19.6 Å². The normalized spacial score (nSPS) is 22.3. The number of fused-ring (bicyclic) bond motifs is 2. The Morgan fingerprint density at radius 1 is 0.835 bits per heavy atom. The van der Waals surface area contributed by atoms with Crippen molar-refractivity contribution >= 4 is 89.9 Å². The number of thiazole rings is 1. The summed E-state index contributed by atoms with van der Waals surface area (Å²) >= 11 is 1.40. The summed E-state index contributed by atoms with van der Waals surface area (Å²) in [5.74, 6) is -3.66. The molecule has 0 spiro atoms. The molecule has 4 saturated carbocycles. The van der Waals surface area contributed by atoms with Gasteiger partial charge in [-0.2, -0.15) is 13.5 Å². The summed E-state index contributed by atoms with van der Waals surface area (Å²) in [6.45, 7) is 12.9. The molecular formula is C70H85N11O14S2. The molecule has 6 aromatic rings. The van der Waals surface area contributed by atoms with Crippen LogP contribution in [0.3, 0.4) is 0 Å². The minimum atomic E-state index is -4.48. The average molecular weight is 1370 g/mol. The third-order valence-electron chi connectivity index (χ3n) is 19.5. The van der Waals surface area contributed by atoms with E-state index in [1.165, 1.54) is 40.2 Å². The zero-order valence-corrected chi connectivity index (χ0v) is 57.1. The molecule has 97 heavy (non-hydrogen) atoms. The monoisotopic (exact) mass is 1370 g/mol. The number of ether oxygens (including phenoxy) is 2. The minimum absolute atomic E-state index is 0.0365. The Labute approximate surface area is 567 Å². The third kappa shape index (κ3) is 16.3. The molecule has 4 fully saturated rings. The number of aliphatic hydroxyl groups excluding tert-OH is 1. The molecule has 25 nitrogen and oxygen atoms in total. The maximum Gasteiger partial charge on any atom is 0.410 e. The van der Waals surface area contributed by atoms with Gasteiger partial charge in [0.1, 0.15) is 30.7 Å². The van der Waals surface area contributed by atoms with Gasteiger partial charge in [-0.15, -0.1) is 0 Å². The molecule has 4 bridgehead atoms. The molecule has 5 heterocycles. The number of aromatic nitrogens is 4. The number of amides is 6. The molecule has 3 aromatic heterocycles. The Bertz CT molecular complexity index is 4100. The standard InChI is InChI=1S/C70H85N11O14S2/c1-43(2)59(76-56(82)17-8-7-11-27-80-57(83)24-25-58(80)84)63(87)72-44(3)61(85)73-48-20-18-46(19-21-48)35-94-66(90)78(30-32-97(91,92)93)29-31-95-70-39-67(5)36-68(6,40-70)38-69(37-67,41-70)42-81-45(4)51(33-71-81)49-22-23-55(75-60(49)64(88)89)79-28-26-47-13-12-14-50(52(47)34-79)62(86)77-65-74-53-15-9-10-16-54(53)96-65/h9-10,12-16,18-25,33,43-44,57,59,83H,7-8,11,17,26-32,34-42H2,1-6H3,(H,72,87)(H,73,85)(H,76,82)(H,88,89)(H,74,77,86)(H,91,92,93)/t44-,57?,59-,67?,68?,69?,70?/m0/s1. The number of anilines is 3. The maximum absolute atomic E-state index is 13.8. The van der Waals surface area contributed by atoms with Crippen LogP contribution >= 0.6 is 11.3 Å². The van der Waals surface area contributed by atoms with Crippen LogP contribution in [0.2, 0.25) is 0 Å². The number of pyridine rings is 1. The second kappa shape index (κ2) is 28.4. The van der Waals surface area contributed by atoms with Crippen molar-refractivity contribution in [1.82, 2.24) is 40.2 Å². The highest BCUT2D eigenvalue weighted by atomic mass is 32.2. The highest BCUT2D eigenvalue weighted by Gasteiger charge is 2.66. The smallest absolute Gasteiger partial charge is 0.410 e. The molecule has 6 aliphatic rings. The van der Waals surface area contributed by atoms with E-state index in [-0.39, 0.29) is 78.3 Å². The van der Waals surface area contributed by atoms with Gasteiger partial charge in [-0.25, -0.2) is 19.6 Å². The first-order valence-corrected chi connectivity index (χ1v) is 35.5. The lowest BCUT2D eigenvalue weighted by Gasteiger charge is -2.69. The van der Waals surface area contributed by atoms with Crippen molar-refractivity contribution in [2.45, 2.75) is 156 Å². The topological polar surface area (TPSA) is 334 Å². The Balaban J connectivity index is 0.682. The summed E-state index contributed by atoms with van der Waals surface area (Å²) in [6, 6.07) is 21.6. The third-order valence-corrected chi connectivity index (χ3v) is 21.2. The summed E-state index contributed by atoms with van der Waals surface area (Å²) < 4.78 is 49.5. The molecule has 12 rings (SSSR count). The van der Waals surface area contributed by atoms with Crippen LogP contribution in [0.5, 0.6) is 0 Å². The minimum Gasteiger partial charge on any atom is -0.476 e. The lowest BCUT2D eigenvalue weighted by molar-refractivity contribution is -0.248. The number of carbonyl (C=O) groups is 7. The van der Waals surface area contributed by atoms with E-state index >= 15 is 0 Å². The molecule has 516 valence electrons. The van der Waals surface area contributed by atoms with E-state index in [0.29, 0.717) is 97.2 Å². The number of benzene rings is 3. The lowest BCUT2D eigenvalue weighted by atomic mass is 9.39. The van der Waals surface area contributed by atoms with Crippen LogP contribution in [-0.4, -0.2) is 157 Å². The number of nitrogens with zero attached hydrogens (tertiary/aromatic N) is 7. The fraction of sp³-hybridized carbons (Fsp3) is 0.486. The van der Waals surface area contributed by atoms with Crippen molar-refractivity contribution in [3.8, 4) is 11.1 Å². The first-order chi connectivity index (χ1) is 46.1. The van der Waals surface area contributed by atoms with Crippen LogP contribution in [-0.2, 0) is 64.9 Å². The Hall–Kier alpha value is -8.63. The molecule has 0 saturated heterocycles. The largest absolute Gasteiger partial charge is 0.476 e. The Morgan fingerprint density at radius 2 is 1.59 bits per heavy atom. The van der Waals surface area contributed by atoms with Gasteiger partial charge in [0, 0.05) is 79.8 Å². The van der Waals surface area contributed by atoms with Crippen molar-refractivity contribution in [2.24, 2.45) is 22.2 Å². The quantitative estimate of drug-likeness (QED) is 0.0178. The van der Waals surface area contributed by atoms with Gasteiger partial charge in [0.15, 0.2) is 10.8 Å². The number of aromatic carboxylic acids is 1. The number of unbranched alkanes of at least 4 members (excludes halogenated alkanes) is 2. The van der Waals surface area contributed by atoms with Crippen LogP contribution in [0.4, 0.5) is 21.4 Å². The van der Waals surface area contributed by atoms with Gasteiger partial charge in [0.05, 0.1) is 34.4 Å². The molecule has 0 radical (unpaired) electrons. The van der Waals surface area contributed by atoms with E-state index in [9.17, 15) is 56.7 Å². The molecule has 2 aliphatic heterocycles. The van der Waals surface area contributed by atoms with E-state index in [2.05, 4.69) is 40.1 Å². The fourth-order valence-corrected chi connectivity index (χ4v) is 17.4. The number of rotatable bonds is 28. The van der Waals surface area contributed by atoms with Crippen LogP contribution in [0.15, 0.2) is 97.2 Å². The first-order valence-electron chi connectivity index (χ1n) is 33.0. The van der Waals surface area contributed by atoms with Crippen LogP contribution < -0.4 is 26.2 Å². The second-order valence-electron chi connectivity index (χ2n) is 28.1. The molecule has 3 aromatic carbocycles. The number of carboxylic acids is 1. The zero-order valence-electron chi connectivity index (χ0n) is 55.5. The SMILES string of the molecule is Cc1c(-c2ccc(N3CCc4cccc(C(=O)Nc5nc6ccccc6s5)c4C3)nc2C(=O)O)cnn1CC12CC3(C)CC(C)(C1)CC(OCCN(CCS(=O)(=O)O)C(=O)OCc1ccc(NC(=O)[C@H](C)NC(=O)[C@@H](NC(=O)CCCCCN4C(=O)C=CC4O)C(C)C)cc1)(C3)C2. The van der Waals surface area contributed by atoms with Crippen molar-refractivity contribution in [3.05, 3.63) is 131 Å². The number of carbonyl (C=O) groups excluding carboxylic acids is 6. The summed E-state index contributed by atoms with van der Waals surface area (Å²) in [5, 5.41) is 37.2. The first kappa shape index (κ1) is 69.7. The molecule has 3 unspecified atom stereocenters. The van der Waals surface area contributed by atoms with Crippen molar-refractivity contribution in [3.63, 3.8) is 0 Å². The van der Waals surface area contributed by atoms with Crippen LogP contribution in [0.1, 0.15) is 142 Å². The van der Waals surface area contributed by atoms with E-state index in [1.807, 2.05) is 59.0 Å².